The van der Waals surface area contributed by atoms with Gasteiger partial charge < -0.3 is 37.5 Å². The van der Waals surface area contributed by atoms with E-state index < -0.39 is 13.3 Å². The number of alkyl carbamates (subject to hydrolysis) is 1. The summed E-state index contributed by atoms with van der Waals surface area (Å²) in [5, 5.41) is 2.84. The molecule has 0 saturated heterocycles. The molecule has 0 aromatic rings. The number of amides is 1. The molecule has 3 saturated carbocycles. The Morgan fingerprint density at radius 3 is 1.35 bits per heavy atom. The molecule has 3 N–H and O–H groups in total. The van der Waals surface area contributed by atoms with Crippen molar-refractivity contribution in [2.45, 2.75) is 147 Å². The molecule has 0 aromatic carbocycles. The number of esters is 1. The normalized spacial score (nSPS) is 28.0. The maximum Gasteiger partial charge on any atom is 1.00 e. The Balaban J connectivity index is -0.000000197. The van der Waals surface area contributed by atoms with E-state index in [1.807, 2.05) is 0 Å². The van der Waals surface area contributed by atoms with E-state index in [4.69, 9.17) is 9.47 Å². The van der Waals surface area contributed by atoms with Crippen molar-refractivity contribution in [2.75, 3.05) is 13.2 Å². The zero-order chi connectivity index (χ0) is 36.5. The molecule has 0 aliphatic heterocycles. The number of nitrogens with one attached hydrogen (secondary N) is 1. The summed E-state index contributed by atoms with van der Waals surface area (Å²) in [5.41, 5.74) is 0. The summed E-state index contributed by atoms with van der Waals surface area (Å²) in [4.78, 5) is 23.2. The molecule has 311 valence electrons. The minimum atomic E-state index is -6.00. The summed E-state index contributed by atoms with van der Waals surface area (Å²) in [6.45, 7) is 27.6. The van der Waals surface area contributed by atoms with Gasteiger partial charge in [-0.1, -0.05) is 108 Å². The van der Waals surface area contributed by atoms with Crippen LogP contribution in [0.3, 0.4) is 0 Å². The van der Waals surface area contributed by atoms with E-state index in [9.17, 15) is 26.9 Å². The van der Waals surface area contributed by atoms with Gasteiger partial charge >= 0.3 is 38.8 Å². The number of hydrogen-bond acceptors (Lipinski definition) is 4. The van der Waals surface area contributed by atoms with Gasteiger partial charge in [0.05, 0.1) is 18.6 Å². The minimum absolute atomic E-state index is 0. The summed E-state index contributed by atoms with van der Waals surface area (Å²) in [6, 6.07) is -0.142. The molecule has 0 bridgehead atoms. The maximum absolute atomic E-state index is 11.6. The number of rotatable bonds is 7. The maximum atomic E-state index is 11.6. The molecule has 3 aliphatic rings. The number of halogens is 4. The molecule has 3 fully saturated rings. The smallest absolute Gasteiger partial charge is 0.463 e. The molecule has 1 amide bonds. The molecule has 3 aliphatic carbocycles. The first kappa shape index (κ1) is 60.6. The molecule has 0 spiro atoms. The Hall–Kier alpha value is 0.355. The van der Waals surface area contributed by atoms with E-state index in [1.54, 1.807) is 20.8 Å². The molecule has 3 rings (SSSR count). The van der Waals surface area contributed by atoms with Crippen molar-refractivity contribution in [3.8, 4) is 0 Å². The van der Waals surface area contributed by atoms with Crippen LogP contribution in [0.1, 0.15) is 141 Å². The van der Waals surface area contributed by atoms with Crippen molar-refractivity contribution in [1.29, 1.82) is 0 Å². The zero-order valence-electron chi connectivity index (χ0n) is 33.5. The Bertz CT molecular complexity index is 800. The van der Waals surface area contributed by atoms with Crippen LogP contribution in [0.25, 0.3) is 0 Å². The number of hydrogen-bond donors (Lipinski definition) is 1. The van der Waals surface area contributed by atoms with Crippen LogP contribution in [-0.4, -0.2) is 44.0 Å². The second-order valence-corrected chi connectivity index (χ2v) is 15.6. The van der Waals surface area contributed by atoms with Crippen LogP contribution in [0.4, 0.5) is 22.1 Å². The minimum Gasteiger partial charge on any atom is -0.463 e. The standard InChI is InChI=1S/C15H27NO4.C12H24.C10H20.BF4.H2O.3Ru/c1-4-19-15(18)16-13(10-20-14(17)11(2)3)12-8-6-5-7-9-12;1-7-8(2)10(4)12(6)11(5)9(7)3;1-8(2)10-6-4-9(3)5-7-10;2-1(3,4)5;;;;/h11-13H,4-10H2,1-3H3,(H,16,18);7-12H,1-6H3;8-10H,4-7H2,1-3H3;;1H2;;;/q;;;-1;;;;+1/t13-;;;;;;;/m0......./s1. The Labute approximate surface area is 348 Å². The molecule has 0 unspecified atom stereocenters. The summed E-state index contributed by atoms with van der Waals surface area (Å²) >= 11 is 0. The van der Waals surface area contributed by atoms with Gasteiger partial charge in [0.1, 0.15) is 6.61 Å². The predicted octanol–water partition coefficient (Wildman–Crippen LogP) is 10.6. The van der Waals surface area contributed by atoms with Crippen LogP contribution in [0.5, 0.6) is 0 Å². The molecule has 0 heterocycles. The van der Waals surface area contributed by atoms with Crippen LogP contribution in [-0.2, 0) is 72.7 Å². The quantitative estimate of drug-likeness (QED) is 0.156. The fraction of sp³-hybridized carbons (Fsp3) is 0.946. The molecular formula is C37H73BF4NO5Ru3. The third-order valence-corrected chi connectivity index (χ3v) is 11.7. The number of ether oxygens (including phenoxy) is 2. The van der Waals surface area contributed by atoms with Crippen LogP contribution in [0, 0.1) is 65.1 Å². The first-order valence-electron chi connectivity index (χ1n) is 18.7. The fourth-order valence-corrected chi connectivity index (χ4v) is 7.32. The van der Waals surface area contributed by atoms with Gasteiger partial charge in [0.15, 0.2) is 0 Å². The summed E-state index contributed by atoms with van der Waals surface area (Å²) < 4.78 is 49.2. The largest absolute Gasteiger partial charge is 1.00 e. The molecule has 1 atom stereocenters. The number of carbonyl (C=O) groups is 2. The zero-order valence-corrected chi connectivity index (χ0v) is 38.7. The number of carbonyl (C=O) groups excluding carboxylic acids is 2. The van der Waals surface area contributed by atoms with E-state index in [2.05, 4.69) is 67.6 Å². The van der Waals surface area contributed by atoms with Crippen molar-refractivity contribution in [3.05, 3.63) is 0 Å². The summed E-state index contributed by atoms with van der Waals surface area (Å²) in [7, 11) is -6.00. The van der Waals surface area contributed by atoms with Crippen LogP contribution >= 0.6 is 0 Å². The SMILES string of the molecule is CC1C(C)C(C)C(C)C(C)C1C.CC1CCC(C(C)C)CC1.CCOC(=O)N[C@@H](COC(=O)C(C)C)C1CCCCC1.F[B-](F)(F)F.O.[Ru+].[Ru].[Ru]. The van der Waals surface area contributed by atoms with E-state index in [0.717, 1.165) is 66.1 Å². The monoisotopic (exact) mass is 1000 g/mol. The van der Waals surface area contributed by atoms with E-state index >= 15 is 0 Å². The van der Waals surface area contributed by atoms with Crippen molar-refractivity contribution in [1.82, 2.24) is 5.32 Å². The van der Waals surface area contributed by atoms with Crippen molar-refractivity contribution >= 4 is 19.3 Å². The topological polar surface area (TPSA) is 96.1 Å². The van der Waals surface area contributed by atoms with E-state index in [-0.39, 0.29) is 88.4 Å². The molecule has 6 nitrogen and oxygen atoms in total. The van der Waals surface area contributed by atoms with Gasteiger partial charge in [0.2, 0.25) is 0 Å². The van der Waals surface area contributed by atoms with Gasteiger partial charge in [0.25, 0.3) is 0 Å². The second-order valence-electron chi connectivity index (χ2n) is 15.6. The van der Waals surface area contributed by atoms with Gasteiger partial charge in [-0.05, 0) is 91.8 Å². The van der Waals surface area contributed by atoms with E-state index in [0.29, 0.717) is 12.5 Å². The first-order valence-corrected chi connectivity index (χ1v) is 18.7. The van der Waals surface area contributed by atoms with Gasteiger partial charge in [-0.2, -0.15) is 0 Å². The summed E-state index contributed by atoms with van der Waals surface area (Å²) in [6.07, 6.45) is 11.2. The Morgan fingerprint density at radius 1 is 0.667 bits per heavy atom. The average Bonchev–Trinajstić information content (AvgIpc) is 3.00. The van der Waals surface area contributed by atoms with Crippen LogP contribution in [0.15, 0.2) is 0 Å². The predicted molar refractivity (Wildman–Crippen MR) is 191 cm³/mol. The Kier molecular flexibility index (Phi) is 37.5. The molecule has 1 radical (unpaired) electrons. The van der Waals surface area contributed by atoms with Gasteiger partial charge in [-0.15, -0.1) is 0 Å². The van der Waals surface area contributed by atoms with Gasteiger partial charge in [-0.25, -0.2) is 4.79 Å². The van der Waals surface area contributed by atoms with Crippen LogP contribution in [0.2, 0.25) is 0 Å². The third kappa shape index (κ3) is 26.7. The fourth-order valence-electron chi connectivity index (χ4n) is 7.32. The van der Waals surface area contributed by atoms with Gasteiger partial charge in [-0.3, -0.25) is 4.79 Å². The third-order valence-electron chi connectivity index (χ3n) is 11.7. The van der Waals surface area contributed by atoms with E-state index in [1.165, 1.54) is 44.9 Å². The average molecular weight is 1000 g/mol. The summed E-state index contributed by atoms with van der Waals surface area (Å²) in [5.74, 6) is 8.42. The molecular weight excluding hydrogens is 928 g/mol. The first-order chi connectivity index (χ1) is 21.7. The van der Waals surface area contributed by atoms with Crippen LogP contribution < -0.4 is 5.32 Å². The molecule has 0 aromatic heterocycles. The molecule has 14 heteroatoms. The second kappa shape index (κ2) is 31.5. The van der Waals surface area contributed by atoms with Crippen molar-refractivity contribution in [3.63, 3.8) is 0 Å². The van der Waals surface area contributed by atoms with Crippen molar-refractivity contribution in [2.24, 2.45) is 65.1 Å². The van der Waals surface area contributed by atoms with Gasteiger partial charge in [0, 0.05) is 39.0 Å². The Morgan fingerprint density at radius 2 is 1.04 bits per heavy atom. The molecule has 51 heavy (non-hydrogen) atoms. The van der Waals surface area contributed by atoms with Crippen molar-refractivity contribution < 1.29 is 100 Å².